The van der Waals surface area contributed by atoms with Gasteiger partial charge in [-0.05, 0) is 24.6 Å². The predicted octanol–water partition coefficient (Wildman–Crippen LogP) is 2.49. The maximum atomic E-state index is 11.6. The molecule has 2 aromatic heterocycles. The number of ether oxygens (including phenoxy) is 1. The van der Waals surface area contributed by atoms with E-state index in [9.17, 15) is 4.79 Å². The molecule has 3 rings (SSSR count). The number of pyridine rings is 1. The molecular weight excluding hydrogens is 254 g/mol. The Balaban J connectivity index is 2.22. The predicted molar refractivity (Wildman–Crippen MR) is 74.5 cm³/mol. The Kier molecular flexibility index (Phi) is 2.95. The molecule has 5 nitrogen and oxygen atoms in total. The third-order valence-electron chi connectivity index (χ3n) is 3.21. The normalized spacial score (nSPS) is 10.7. The van der Waals surface area contributed by atoms with Crippen LogP contribution in [0, 0.1) is 6.92 Å². The Bertz CT molecular complexity index is 793. The third kappa shape index (κ3) is 1.93. The van der Waals surface area contributed by atoms with Gasteiger partial charge in [0.1, 0.15) is 0 Å². The summed E-state index contributed by atoms with van der Waals surface area (Å²) in [5.41, 5.74) is 3.25. The number of carbonyl (C=O) groups is 1. The van der Waals surface area contributed by atoms with Crippen molar-refractivity contribution in [2.24, 2.45) is 0 Å². The Labute approximate surface area is 115 Å². The average molecular weight is 267 g/mol. The highest BCUT2D eigenvalue weighted by Crippen LogP contribution is 2.22. The maximum Gasteiger partial charge on any atom is 0.339 e. The molecule has 2 heterocycles. The lowest BCUT2D eigenvalue weighted by atomic mass is 10.1. The summed E-state index contributed by atoms with van der Waals surface area (Å²) in [6.45, 7) is 2.01. The first-order valence-corrected chi connectivity index (χ1v) is 6.20. The lowest BCUT2D eigenvalue weighted by Gasteiger charge is -2.05. The molecule has 1 aromatic carbocycles. The minimum atomic E-state index is -0.378. The van der Waals surface area contributed by atoms with E-state index in [-0.39, 0.29) is 5.97 Å². The summed E-state index contributed by atoms with van der Waals surface area (Å²) in [4.78, 5) is 11.6. The van der Waals surface area contributed by atoms with Gasteiger partial charge < -0.3 is 4.74 Å². The Hall–Kier alpha value is -2.69. The van der Waals surface area contributed by atoms with Crippen LogP contribution in [0.1, 0.15) is 15.9 Å². The maximum absolute atomic E-state index is 11.6. The van der Waals surface area contributed by atoms with Crippen molar-refractivity contribution in [2.75, 3.05) is 7.11 Å². The van der Waals surface area contributed by atoms with Crippen LogP contribution < -0.4 is 0 Å². The van der Waals surface area contributed by atoms with Crippen molar-refractivity contribution in [3.63, 3.8) is 0 Å². The highest BCUT2D eigenvalue weighted by molar-refractivity contribution is 5.89. The molecule has 5 heteroatoms. The number of methoxy groups -OCH3 is 1. The second-order valence-electron chi connectivity index (χ2n) is 4.48. The molecule has 0 atom stereocenters. The standard InChI is InChI=1S/C15H13N3O2/c1-10-5-3-4-6-12(10)14-17-16-13-8-7-11(9-18(13)14)15(19)20-2/h3-9H,1-2H3. The first kappa shape index (κ1) is 12.3. The summed E-state index contributed by atoms with van der Waals surface area (Å²) < 4.78 is 6.54. The van der Waals surface area contributed by atoms with Gasteiger partial charge in [-0.25, -0.2) is 4.79 Å². The third-order valence-corrected chi connectivity index (χ3v) is 3.21. The summed E-state index contributed by atoms with van der Waals surface area (Å²) in [5, 5.41) is 8.34. The van der Waals surface area contributed by atoms with Crippen molar-refractivity contribution < 1.29 is 9.53 Å². The first-order valence-electron chi connectivity index (χ1n) is 6.20. The molecule has 0 radical (unpaired) electrons. The average Bonchev–Trinajstić information content (AvgIpc) is 2.90. The summed E-state index contributed by atoms with van der Waals surface area (Å²) in [7, 11) is 1.36. The molecule has 0 saturated carbocycles. The van der Waals surface area contributed by atoms with Crippen molar-refractivity contribution >= 4 is 11.6 Å². The monoisotopic (exact) mass is 267 g/mol. The van der Waals surface area contributed by atoms with Crippen molar-refractivity contribution in [1.29, 1.82) is 0 Å². The van der Waals surface area contributed by atoms with E-state index in [1.54, 1.807) is 22.7 Å². The minimum Gasteiger partial charge on any atom is -0.465 e. The fourth-order valence-corrected chi connectivity index (χ4v) is 2.14. The molecule has 100 valence electrons. The van der Waals surface area contributed by atoms with E-state index in [1.807, 2.05) is 31.2 Å². The van der Waals surface area contributed by atoms with Crippen LogP contribution in [0.2, 0.25) is 0 Å². The van der Waals surface area contributed by atoms with Crippen LogP contribution in [0.5, 0.6) is 0 Å². The number of hydrogen-bond acceptors (Lipinski definition) is 4. The van der Waals surface area contributed by atoms with Crippen LogP contribution in [0.4, 0.5) is 0 Å². The van der Waals surface area contributed by atoms with Crippen LogP contribution in [0.3, 0.4) is 0 Å². The molecule has 0 bridgehead atoms. The zero-order valence-corrected chi connectivity index (χ0v) is 11.2. The summed E-state index contributed by atoms with van der Waals surface area (Å²) in [5.74, 6) is 0.334. The summed E-state index contributed by atoms with van der Waals surface area (Å²) >= 11 is 0. The quantitative estimate of drug-likeness (QED) is 0.669. The molecule has 0 amide bonds. The molecule has 0 aliphatic carbocycles. The van der Waals surface area contributed by atoms with Crippen molar-refractivity contribution in [3.05, 3.63) is 53.7 Å². The van der Waals surface area contributed by atoms with Gasteiger partial charge >= 0.3 is 5.97 Å². The van der Waals surface area contributed by atoms with Gasteiger partial charge in [-0.1, -0.05) is 24.3 Å². The van der Waals surface area contributed by atoms with Crippen LogP contribution in [-0.4, -0.2) is 27.7 Å². The minimum absolute atomic E-state index is 0.378. The van der Waals surface area contributed by atoms with Gasteiger partial charge in [0, 0.05) is 11.8 Å². The van der Waals surface area contributed by atoms with E-state index in [0.29, 0.717) is 17.0 Å². The number of carbonyl (C=O) groups excluding carboxylic acids is 1. The summed E-state index contributed by atoms with van der Waals surface area (Å²) in [6.07, 6.45) is 1.70. The van der Waals surface area contributed by atoms with Crippen LogP contribution in [-0.2, 0) is 4.74 Å². The number of esters is 1. The molecule has 0 aliphatic rings. The zero-order chi connectivity index (χ0) is 14.1. The lowest BCUT2D eigenvalue weighted by Crippen LogP contribution is -2.03. The lowest BCUT2D eigenvalue weighted by molar-refractivity contribution is 0.0600. The van der Waals surface area contributed by atoms with E-state index >= 15 is 0 Å². The molecule has 20 heavy (non-hydrogen) atoms. The number of benzene rings is 1. The van der Waals surface area contributed by atoms with Crippen molar-refractivity contribution in [2.45, 2.75) is 6.92 Å². The van der Waals surface area contributed by atoms with Gasteiger partial charge in [0.2, 0.25) is 0 Å². The Morgan fingerprint density at radius 2 is 1.95 bits per heavy atom. The van der Waals surface area contributed by atoms with E-state index in [2.05, 4.69) is 10.2 Å². The fourth-order valence-electron chi connectivity index (χ4n) is 2.14. The van der Waals surface area contributed by atoms with Crippen LogP contribution in [0.25, 0.3) is 17.0 Å². The van der Waals surface area contributed by atoms with E-state index < -0.39 is 0 Å². The SMILES string of the molecule is COC(=O)c1ccc2nnc(-c3ccccc3C)n2c1. The number of aryl methyl sites for hydroxylation is 1. The Morgan fingerprint density at radius 1 is 1.15 bits per heavy atom. The van der Waals surface area contributed by atoms with Crippen molar-refractivity contribution in [1.82, 2.24) is 14.6 Å². The first-order chi connectivity index (χ1) is 9.70. The molecule has 0 spiro atoms. The number of hydrogen-bond donors (Lipinski definition) is 0. The van der Waals surface area contributed by atoms with Crippen LogP contribution in [0.15, 0.2) is 42.6 Å². The largest absolute Gasteiger partial charge is 0.465 e. The molecule has 0 N–H and O–H groups in total. The summed E-state index contributed by atoms with van der Waals surface area (Å²) in [6, 6.07) is 11.4. The van der Waals surface area contributed by atoms with Crippen molar-refractivity contribution in [3.8, 4) is 11.4 Å². The van der Waals surface area contributed by atoms with E-state index in [0.717, 1.165) is 11.1 Å². The number of nitrogens with zero attached hydrogens (tertiary/aromatic N) is 3. The smallest absolute Gasteiger partial charge is 0.339 e. The topological polar surface area (TPSA) is 56.5 Å². The zero-order valence-electron chi connectivity index (χ0n) is 11.2. The number of rotatable bonds is 2. The van der Waals surface area contributed by atoms with E-state index in [1.165, 1.54) is 7.11 Å². The molecular formula is C15H13N3O2. The van der Waals surface area contributed by atoms with Gasteiger partial charge in [0.25, 0.3) is 0 Å². The second kappa shape index (κ2) is 4.77. The molecule has 0 saturated heterocycles. The number of aromatic nitrogens is 3. The molecule has 0 unspecified atom stereocenters. The van der Waals surface area contributed by atoms with Gasteiger partial charge in [0.15, 0.2) is 11.5 Å². The molecule has 3 aromatic rings. The number of fused-ring (bicyclic) bond motifs is 1. The van der Waals surface area contributed by atoms with Gasteiger partial charge in [-0.2, -0.15) is 0 Å². The van der Waals surface area contributed by atoms with Gasteiger partial charge in [0.05, 0.1) is 12.7 Å². The second-order valence-corrected chi connectivity index (χ2v) is 4.48. The van der Waals surface area contributed by atoms with E-state index in [4.69, 9.17) is 4.74 Å². The highest BCUT2D eigenvalue weighted by atomic mass is 16.5. The van der Waals surface area contributed by atoms with Gasteiger partial charge in [-0.15, -0.1) is 10.2 Å². The molecule has 0 aliphatic heterocycles. The molecule has 0 fully saturated rings. The van der Waals surface area contributed by atoms with Crippen LogP contribution >= 0.6 is 0 Å². The Morgan fingerprint density at radius 3 is 2.70 bits per heavy atom. The highest BCUT2D eigenvalue weighted by Gasteiger charge is 2.12. The van der Waals surface area contributed by atoms with Gasteiger partial charge in [-0.3, -0.25) is 4.40 Å². The fraction of sp³-hybridized carbons (Fsp3) is 0.133.